The SMILES string of the molecule is Cc1cccc(C(CC(=O)NC2CCC(N)CC2)c2cn(CC3CCCCC3)c3ccc(-c4ccccc4Cl)cc23)c1. The summed E-state index contributed by atoms with van der Waals surface area (Å²) in [6, 6.07) is 24.0. The van der Waals surface area contributed by atoms with Gasteiger partial charge in [-0.25, -0.2) is 0 Å². The number of aromatic nitrogens is 1. The molecule has 4 aromatic rings. The molecule has 0 spiro atoms. The summed E-state index contributed by atoms with van der Waals surface area (Å²) < 4.78 is 2.47. The summed E-state index contributed by atoms with van der Waals surface area (Å²) in [5, 5.41) is 5.34. The summed E-state index contributed by atoms with van der Waals surface area (Å²) in [4.78, 5) is 13.7. The van der Waals surface area contributed by atoms with Crippen molar-refractivity contribution in [1.82, 2.24) is 9.88 Å². The first-order valence-electron chi connectivity index (χ1n) is 15.9. The van der Waals surface area contributed by atoms with E-state index in [1.54, 1.807) is 0 Å². The van der Waals surface area contributed by atoms with Crippen LogP contribution in [0.1, 0.15) is 86.8 Å². The Kier molecular flexibility index (Phi) is 9.02. The number of nitrogens with zero attached hydrogens (tertiary/aromatic N) is 1. The van der Waals surface area contributed by atoms with E-state index in [4.69, 9.17) is 17.3 Å². The number of benzene rings is 3. The number of hydrogen-bond donors (Lipinski definition) is 2. The predicted octanol–water partition coefficient (Wildman–Crippen LogP) is 8.76. The zero-order valence-corrected chi connectivity index (χ0v) is 25.6. The lowest BCUT2D eigenvalue weighted by Gasteiger charge is -2.27. The normalized spacial score (nSPS) is 20.5. The van der Waals surface area contributed by atoms with Crippen LogP contribution in [0.4, 0.5) is 0 Å². The Morgan fingerprint density at radius 3 is 2.50 bits per heavy atom. The molecule has 0 radical (unpaired) electrons. The Balaban J connectivity index is 1.42. The van der Waals surface area contributed by atoms with Crippen LogP contribution in [0.15, 0.2) is 72.9 Å². The van der Waals surface area contributed by atoms with Crippen molar-refractivity contribution in [2.75, 3.05) is 0 Å². The molecule has 1 aromatic heterocycles. The standard InChI is InChI=1S/C37H44ClN3O/c1-25-8-7-11-27(20-25)32(22-37(42)40-30-17-15-29(39)16-18-30)34-24-41(23-26-9-3-2-4-10-26)36-19-14-28(21-33(34)36)31-12-5-6-13-35(31)38/h5-8,11-14,19-21,24,26,29-30,32H,2-4,9-10,15-18,22-23,39H2,1H3,(H,40,42). The van der Waals surface area contributed by atoms with Crippen LogP contribution in [-0.2, 0) is 11.3 Å². The van der Waals surface area contributed by atoms with Crippen molar-refractivity contribution in [3.05, 3.63) is 94.6 Å². The Hall–Kier alpha value is -3.08. The third-order valence-electron chi connectivity index (χ3n) is 9.62. The van der Waals surface area contributed by atoms with Crippen molar-refractivity contribution < 1.29 is 4.79 Å². The molecule has 1 heterocycles. The third kappa shape index (κ3) is 6.61. The van der Waals surface area contributed by atoms with Crippen LogP contribution in [0.3, 0.4) is 0 Å². The van der Waals surface area contributed by atoms with Crippen molar-refractivity contribution in [3.63, 3.8) is 0 Å². The minimum atomic E-state index is -0.0488. The van der Waals surface area contributed by atoms with Gasteiger partial charge < -0.3 is 15.6 Å². The minimum Gasteiger partial charge on any atom is -0.353 e. The smallest absolute Gasteiger partial charge is 0.221 e. The van der Waals surface area contributed by atoms with E-state index < -0.39 is 0 Å². The van der Waals surface area contributed by atoms with E-state index in [0.29, 0.717) is 12.3 Å². The van der Waals surface area contributed by atoms with Crippen molar-refractivity contribution in [2.24, 2.45) is 11.7 Å². The lowest BCUT2D eigenvalue weighted by atomic mass is 9.86. The van der Waals surface area contributed by atoms with Crippen LogP contribution < -0.4 is 11.1 Å². The molecule has 2 saturated carbocycles. The van der Waals surface area contributed by atoms with Crippen LogP contribution in [0.5, 0.6) is 0 Å². The van der Waals surface area contributed by atoms with Gasteiger partial charge in [-0.15, -0.1) is 0 Å². The molecule has 3 N–H and O–H groups in total. The quantitative estimate of drug-likeness (QED) is 0.218. The summed E-state index contributed by atoms with van der Waals surface area (Å²) in [7, 11) is 0. The maximum Gasteiger partial charge on any atom is 0.221 e. The van der Waals surface area contributed by atoms with Gasteiger partial charge in [0.25, 0.3) is 0 Å². The Labute approximate surface area is 255 Å². The van der Waals surface area contributed by atoms with E-state index >= 15 is 0 Å². The molecule has 0 saturated heterocycles. The van der Waals surface area contributed by atoms with Gasteiger partial charge in [-0.2, -0.15) is 0 Å². The molecule has 2 aliphatic carbocycles. The van der Waals surface area contributed by atoms with Crippen LogP contribution in [0.25, 0.3) is 22.0 Å². The van der Waals surface area contributed by atoms with Crippen molar-refractivity contribution in [1.29, 1.82) is 0 Å². The number of nitrogens with two attached hydrogens (primary N) is 1. The van der Waals surface area contributed by atoms with E-state index in [9.17, 15) is 4.79 Å². The first kappa shape index (κ1) is 29.0. The molecule has 2 aliphatic rings. The van der Waals surface area contributed by atoms with Gasteiger partial charge in [0.15, 0.2) is 0 Å². The second-order valence-corrected chi connectivity index (χ2v) is 13.2. The van der Waals surface area contributed by atoms with Crippen LogP contribution in [0, 0.1) is 12.8 Å². The number of amides is 1. The van der Waals surface area contributed by atoms with Gasteiger partial charge in [-0.05, 0) is 86.3 Å². The van der Waals surface area contributed by atoms with E-state index in [-0.39, 0.29) is 23.9 Å². The van der Waals surface area contributed by atoms with Gasteiger partial charge in [0.1, 0.15) is 0 Å². The van der Waals surface area contributed by atoms with Crippen LogP contribution in [-0.4, -0.2) is 22.6 Å². The topological polar surface area (TPSA) is 60.1 Å². The summed E-state index contributed by atoms with van der Waals surface area (Å²) in [5.41, 5.74) is 13.1. The number of nitrogens with one attached hydrogen (secondary N) is 1. The van der Waals surface area contributed by atoms with Crippen molar-refractivity contribution in [3.8, 4) is 11.1 Å². The zero-order valence-electron chi connectivity index (χ0n) is 24.8. The largest absolute Gasteiger partial charge is 0.353 e. The third-order valence-corrected chi connectivity index (χ3v) is 9.95. The Bertz CT molecular complexity index is 1530. The zero-order chi connectivity index (χ0) is 29.1. The lowest BCUT2D eigenvalue weighted by molar-refractivity contribution is -0.122. The monoisotopic (exact) mass is 581 g/mol. The highest BCUT2D eigenvalue weighted by Crippen LogP contribution is 2.39. The average Bonchev–Trinajstić information content (AvgIpc) is 3.35. The molecular weight excluding hydrogens is 538 g/mol. The van der Waals surface area contributed by atoms with Crippen molar-refractivity contribution >= 4 is 28.4 Å². The fraction of sp³-hybridized carbons (Fsp3) is 0.432. The Morgan fingerprint density at radius 1 is 0.952 bits per heavy atom. The predicted molar refractivity (Wildman–Crippen MR) is 175 cm³/mol. The number of halogens is 1. The molecule has 1 atom stereocenters. The first-order valence-corrected chi connectivity index (χ1v) is 16.3. The van der Waals surface area contributed by atoms with Gasteiger partial charge in [0.2, 0.25) is 5.91 Å². The molecule has 5 heteroatoms. The number of aryl methyl sites for hydroxylation is 1. The van der Waals surface area contributed by atoms with Gasteiger partial charge in [0, 0.05) is 58.7 Å². The molecule has 0 aliphatic heterocycles. The summed E-state index contributed by atoms with van der Waals surface area (Å²) >= 11 is 6.66. The fourth-order valence-corrected chi connectivity index (χ4v) is 7.54. The second kappa shape index (κ2) is 13.1. The number of hydrogen-bond acceptors (Lipinski definition) is 2. The number of carbonyl (C=O) groups is 1. The minimum absolute atomic E-state index is 0.0488. The van der Waals surface area contributed by atoms with E-state index in [1.165, 1.54) is 59.7 Å². The fourth-order valence-electron chi connectivity index (χ4n) is 7.29. The second-order valence-electron chi connectivity index (χ2n) is 12.8. The maximum absolute atomic E-state index is 13.7. The molecule has 3 aromatic carbocycles. The number of carbonyl (C=O) groups excluding carboxylic acids is 1. The molecule has 1 amide bonds. The molecule has 0 bridgehead atoms. The highest BCUT2D eigenvalue weighted by atomic mass is 35.5. The molecular formula is C37H44ClN3O. The maximum atomic E-state index is 13.7. The van der Waals surface area contributed by atoms with Gasteiger partial charge >= 0.3 is 0 Å². The number of fused-ring (bicyclic) bond motifs is 1. The van der Waals surface area contributed by atoms with Gasteiger partial charge in [0.05, 0.1) is 0 Å². The summed E-state index contributed by atoms with van der Waals surface area (Å²) in [6.07, 6.45) is 13.2. The molecule has 1 unspecified atom stereocenters. The van der Waals surface area contributed by atoms with Crippen LogP contribution >= 0.6 is 11.6 Å². The number of rotatable bonds is 8. The first-order chi connectivity index (χ1) is 20.4. The molecule has 6 rings (SSSR count). The van der Waals surface area contributed by atoms with Crippen molar-refractivity contribution in [2.45, 2.75) is 95.7 Å². The molecule has 220 valence electrons. The highest BCUT2D eigenvalue weighted by Gasteiger charge is 2.27. The summed E-state index contributed by atoms with van der Waals surface area (Å²) in [6.45, 7) is 3.16. The lowest BCUT2D eigenvalue weighted by Crippen LogP contribution is -2.40. The van der Waals surface area contributed by atoms with E-state index in [1.807, 2.05) is 18.2 Å². The van der Waals surface area contributed by atoms with E-state index in [2.05, 4.69) is 71.5 Å². The average molecular weight is 582 g/mol. The molecule has 2 fully saturated rings. The molecule has 42 heavy (non-hydrogen) atoms. The molecule has 4 nitrogen and oxygen atoms in total. The van der Waals surface area contributed by atoms with Gasteiger partial charge in [-0.3, -0.25) is 4.79 Å². The van der Waals surface area contributed by atoms with Crippen LogP contribution in [0.2, 0.25) is 5.02 Å². The Morgan fingerprint density at radius 2 is 1.74 bits per heavy atom. The van der Waals surface area contributed by atoms with E-state index in [0.717, 1.165) is 48.4 Å². The summed E-state index contributed by atoms with van der Waals surface area (Å²) in [5.74, 6) is 0.772. The van der Waals surface area contributed by atoms with Gasteiger partial charge in [-0.1, -0.05) is 85.0 Å². The highest BCUT2D eigenvalue weighted by molar-refractivity contribution is 6.33.